The highest BCUT2D eigenvalue weighted by atomic mass is 32.2. The number of ether oxygens (including phenoxy) is 2. The number of carbonyl (C=O) groups excluding carboxylic acids is 1. The van der Waals surface area contributed by atoms with Crippen molar-refractivity contribution in [3.8, 4) is 29.0 Å². The standard InChI is InChI=1S/C37H34N10O4S/c1-45-10-12-46(13-11-45)27-6-5-24-15-23(3-4-25(24)17-27)16-26(20-38)35(48)40-7-2-9-47-34-32(33(39)42-21-43-34)44-37(47)52-31-19-30-29(50-22-51-30)18-28(31)36-41-8-14-49-36/h3-6,8,14-19,21H,2,7,9-13,22H2,1H3,(H,40,48)(H2,39,42,43). The summed E-state index contributed by atoms with van der Waals surface area (Å²) in [5.41, 5.74) is 9.94. The fourth-order valence-electron chi connectivity index (χ4n) is 6.30. The summed E-state index contributed by atoms with van der Waals surface area (Å²) in [6, 6.07) is 18.2. The van der Waals surface area contributed by atoms with E-state index in [4.69, 9.17) is 24.6 Å². The summed E-state index contributed by atoms with van der Waals surface area (Å²) in [6.07, 6.45) is 6.62. The number of carbonyl (C=O) groups is 1. The molecule has 1 saturated heterocycles. The number of anilines is 2. The van der Waals surface area contributed by atoms with Crippen LogP contribution in [0.25, 0.3) is 39.5 Å². The first kappa shape index (κ1) is 33.1. The number of nitriles is 1. The van der Waals surface area contributed by atoms with E-state index >= 15 is 0 Å². The predicted molar refractivity (Wildman–Crippen MR) is 197 cm³/mol. The van der Waals surface area contributed by atoms with Crippen LogP contribution in [0.4, 0.5) is 11.5 Å². The second kappa shape index (κ2) is 14.3. The quantitative estimate of drug-likeness (QED) is 0.111. The van der Waals surface area contributed by atoms with Crippen LogP contribution in [-0.2, 0) is 11.3 Å². The second-order valence-corrected chi connectivity index (χ2v) is 13.5. The SMILES string of the molecule is CN1CCN(c2ccc3cc(C=C(C#N)C(=O)NCCCn4c(Sc5cc6c(cc5-c5ncco5)OCO6)nc5c(N)ncnc54)ccc3c2)CC1. The van der Waals surface area contributed by atoms with Crippen LogP contribution in [0.3, 0.4) is 0 Å². The Morgan fingerprint density at radius 3 is 2.65 bits per heavy atom. The normalized spacial score (nSPS) is 14.6. The number of nitrogens with two attached hydrogens (primary N) is 1. The summed E-state index contributed by atoms with van der Waals surface area (Å²) < 4.78 is 18.8. The van der Waals surface area contributed by atoms with Crippen molar-refractivity contribution >= 4 is 57.2 Å². The zero-order valence-corrected chi connectivity index (χ0v) is 29.1. The Balaban J connectivity index is 0.961. The van der Waals surface area contributed by atoms with E-state index in [1.165, 1.54) is 30.0 Å². The predicted octanol–water partition coefficient (Wildman–Crippen LogP) is 4.96. The number of amides is 1. The third-order valence-corrected chi connectivity index (χ3v) is 10.2. The number of likely N-dealkylation sites (N-methyl/N-ethyl adjacent to an activating group) is 1. The van der Waals surface area contributed by atoms with Crippen molar-refractivity contribution in [2.24, 2.45) is 0 Å². The molecule has 0 spiro atoms. The van der Waals surface area contributed by atoms with E-state index in [1.807, 2.05) is 34.9 Å². The van der Waals surface area contributed by atoms with Crippen molar-refractivity contribution < 1.29 is 18.7 Å². The number of piperazine rings is 1. The van der Waals surface area contributed by atoms with E-state index in [2.05, 4.69) is 61.4 Å². The molecule has 3 aromatic heterocycles. The van der Waals surface area contributed by atoms with Crippen LogP contribution >= 0.6 is 11.8 Å². The van der Waals surface area contributed by atoms with Crippen molar-refractivity contribution in [2.75, 3.05) is 57.2 Å². The van der Waals surface area contributed by atoms with Gasteiger partial charge in [0.1, 0.15) is 24.2 Å². The summed E-state index contributed by atoms with van der Waals surface area (Å²) in [6.45, 7) is 4.95. The zero-order chi connectivity index (χ0) is 35.6. The summed E-state index contributed by atoms with van der Waals surface area (Å²) in [5.74, 6) is 1.43. The van der Waals surface area contributed by atoms with Gasteiger partial charge in [-0.1, -0.05) is 30.0 Å². The Morgan fingerprint density at radius 2 is 1.85 bits per heavy atom. The molecule has 0 bridgehead atoms. The molecule has 0 radical (unpaired) electrons. The molecule has 0 saturated carbocycles. The van der Waals surface area contributed by atoms with E-state index in [-0.39, 0.29) is 18.2 Å². The lowest BCUT2D eigenvalue weighted by Crippen LogP contribution is -2.44. The lowest BCUT2D eigenvalue weighted by atomic mass is 10.0. The van der Waals surface area contributed by atoms with Gasteiger partial charge in [-0.25, -0.2) is 19.9 Å². The maximum Gasteiger partial charge on any atom is 0.261 e. The van der Waals surface area contributed by atoms with Crippen LogP contribution in [0.2, 0.25) is 0 Å². The van der Waals surface area contributed by atoms with Crippen LogP contribution in [-0.4, -0.2) is 81.9 Å². The zero-order valence-electron chi connectivity index (χ0n) is 28.3. The van der Waals surface area contributed by atoms with Gasteiger partial charge in [-0.2, -0.15) is 5.26 Å². The molecule has 5 heterocycles. The van der Waals surface area contributed by atoms with Gasteiger partial charge in [-0.05, 0) is 66.2 Å². The number of oxazole rings is 1. The van der Waals surface area contributed by atoms with Crippen molar-refractivity contribution in [3.05, 3.63) is 78.5 Å². The van der Waals surface area contributed by atoms with E-state index in [9.17, 15) is 10.1 Å². The molecule has 0 aliphatic carbocycles. The monoisotopic (exact) mass is 714 g/mol. The smallest absolute Gasteiger partial charge is 0.261 e. The molecule has 0 unspecified atom stereocenters. The van der Waals surface area contributed by atoms with Gasteiger partial charge in [0, 0.05) is 49.9 Å². The number of nitrogens with zero attached hydrogens (tertiary/aromatic N) is 8. The van der Waals surface area contributed by atoms with Crippen LogP contribution in [0.5, 0.6) is 11.5 Å². The van der Waals surface area contributed by atoms with Crippen molar-refractivity contribution in [1.82, 2.24) is 34.7 Å². The maximum absolute atomic E-state index is 13.1. The van der Waals surface area contributed by atoms with Gasteiger partial charge in [0.25, 0.3) is 5.91 Å². The molecule has 2 aliphatic heterocycles. The third-order valence-electron chi connectivity index (χ3n) is 9.10. The van der Waals surface area contributed by atoms with Gasteiger partial charge in [0.2, 0.25) is 12.7 Å². The maximum atomic E-state index is 13.1. The molecular weight excluding hydrogens is 681 g/mol. The van der Waals surface area contributed by atoms with E-state index in [1.54, 1.807) is 12.3 Å². The van der Waals surface area contributed by atoms with Gasteiger partial charge in [-0.15, -0.1) is 0 Å². The van der Waals surface area contributed by atoms with Gasteiger partial charge in [0.05, 0.1) is 11.8 Å². The Labute approximate surface area is 302 Å². The first-order chi connectivity index (χ1) is 25.4. The first-order valence-corrected chi connectivity index (χ1v) is 17.6. The van der Waals surface area contributed by atoms with Crippen LogP contribution in [0.1, 0.15) is 12.0 Å². The number of fused-ring (bicyclic) bond motifs is 3. The average molecular weight is 715 g/mol. The highest BCUT2D eigenvalue weighted by Crippen LogP contribution is 2.44. The Morgan fingerprint density at radius 1 is 1.04 bits per heavy atom. The van der Waals surface area contributed by atoms with Gasteiger partial charge >= 0.3 is 0 Å². The Hall–Kier alpha value is -6.11. The minimum atomic E-state index is -0.444. The molecule has 8 rings (SSSR count). The van der Waals surface area contributed by atoms with Crippen LogP contribution < -0.4 is 25.4 Å². The number of nitrogens with one attached hydrogen (secondary N) is 1. The lowest BCUT2D eigenvalue weighted by Gasteiger charge is -2.34. The lowest BCUT2D eigenvalue weighted by molar-refractivity contribution is -0.117. The molecule has 3 aromatic carbocycles. The van der Waals surface area contributed by atoms with Crippen LogP contribution in [0.15, 0.2) is 87.4 Å². The number of hydrogen-bond acceptors (Lipinski definition) is 13. The largest absolute Gasteiger partial charge is 0.454 e. The molecule has 15 heteroatoms. The minimum Gasteiger partial charge on any atom is -0.454 e. The molecule has 0 atom stereocenters. The molecule has 6 aromatic rings. The van der Waals surface area contributed by atoms with Crippen LogP contribution in [0, 0.1) is 11.3 Å². The average Bonchev–Trinajstić information content (AvgIpc) is 3.93. The van der Waals surface area contributed by atoms with Crippen molar-refractivity contribution in [1.29, 1.82) is 5.26 Å². The summed E-state index contributed by atoms with van der Waals surface area (Å²) in [4.78, 5) is 36.4. The number of imidazole rings is 1. The number of nitrogen functional groups attached to an aromatic ring is 1. The third kappa shape index (κ3) is 6.69. The van der Waals surface area contributed by atoms with Crippen molar-refractivity contribution in [2.45, 2.75) is 23.0 Å². The highest BCUT2D eigenvalue weighted by molar-refractivity contribution is 7.99. The minimum absolute atomic E-state index is 0.0279. The molecule has 52 heavy (non-hydrogen) atoms. The number of aryl methyl sites for hydroxylation is 1. The van der Waals surface area contributed by atoms with Gasteiger partial charge in [0.15, 0.2) is 33.6 Å². The molecular formula is C37H34N10O4S. The molecule has 1 fully saturated rings. The number of rotatable bonds is 10. The first-order valence-electron chi connectivity index (χ1n) is 16.8. The Kier molecular flexibility index (Phi) is 9.06. The number of benzene rings is 3. The molecule has 262 valence electrons. The van der Waals surface area contributed by atoms with Crippen molar-refractivity contribution in [3.63, 3.8) is 0 Å². The van der Waals surface area contributed by atoms with Gasteiger partial charge < -0.3 is 39.3 Å². The second-order valence-electron chi connectivity index (χ2n) is 12.5. The number of hydrogen-bond donors (Lipinski definition) is 2. The summed E-state index contributed by atoms with van der Waals surface area (Å²) >= 11 is 1.37. The topological polar surface area (TPSA) is 173 Å². The molecule has 14 nitrogen and oxygen atoms in total. The van der Waals surface area contributed by atoms with E-state index < -0.39 is 5.91 Å². The van der Waals surface area contributed by atoms with Gasteiger partial charge in [-0.3, -0.25) is 4.79 Å². The van der Waals surface area contributed by atoms with E-state index in [0.29, 0.717) is 58.8 Å². The fraction of sp³-hybridized carbons (Fsp3) is 0.243. The summed E-state index contributed by atoms with van der Waals surface area (Å²) in [5, 5.41) is 15.5. The van der Waals surface area contributed by atoms with E-state index in [0.717, 1.165) is 47.4 Å². The molecule has 2 aliphatic rings. The Bertz CT molecular complexity index is 2360. The summed E-state index contributed by atoms with van der Waals surface area (Å²) in [7, 11) is 2.15. The fourth-order valence-corrected chi connectivity index (χ4v) is 7.34. The highest BCUT2D eigenvalue weighted by Gasteiger charge is 2.24. The molecule has 1 amide bonds. The molecule has 3 N–H and O–H groups in total. The number of aromatic nitrogens is 5.